The summed E-state index contributed by atoms with van der Waals surface area (Å²) < 4.78 is 8.15. The lowest BCUT2D eigenvalue weighted by molar-refractivity contribution is 0.0519. The molecule has 1 aromatic carbocycles. The van der Waals surface area contributed by atoms with E-state index in [-0.39, 0.29) is 23.0 Å². The topological polar surface area (TPSA) is 104 Å². The molecule has 0 bridgehead atoms. The minimum atomic E-state index is -0.496. The van der Waals surface area contributed by atoms with Crippen molar-refractivity contribution in [3.05, 3.63) is 82.5 Å². The summed E-state index contributed by atoms with van der Waals surface area (Å²) in [6.07, 6.45) is 1.64. The Labute approximate surface area is 195 Å². The minimum absolute atomic E-state index is 0.0795. The van der Waals surface area contributed by atoms with Crippen molar-refractivity contribution in [1.82, 2.24) is 24.5 Å². The highest BCUT2D eigenvalue weighted by Gasteiger charge is 2.16. The summed E-state index contributed by atoms with van der Waals surface area (Å²) in [6.45, 7) is 5.79. The van der Waals surface area contributed by atoms with Gasteiger partial charge < -0.3 is 10.1 Å². The van der Waals surface area contributed by atoms with Gasteiger partial charge in [-0.1, -0.05) is 17.7 Å². The third-order valence-electron chi connectivity index (χ3n) is 4.72. The van der Waals surface area contributed by atoms with Crippen molar-refractivity contribution >= 4 is 29.2 Å². The molecule has 0 saturated heterocycles. The Kier molecular flexibility index (Phi) is 6.23. The van der Waals surface area contributed by atoms with E-state index < -0.39 is 11.9 Å². The van der Waals surface area contributed by atoms with E-state index in [0.717, 1.165) is 11.4 Å². The van der Waals surface area contributed by atoms with Gasteiger partial charge in [-0.3, -0.25) is 4.79 Å². The number of rotatable bonds is 6. The molecule has 0 radical (unpaired) electrons. The van der Waals surface area contributed by atoms with Crippen LogP contribution in [0.2, 0.25) is 5.02 Å². The van der Waals surface area contributed by atoms with Gasteiger partial charge in [0.15, 0.2) is 11.5 Å². The number of ether oxygens (including phenoxy) is 1. The van der Waals surface area contributed by atoms with E-state index in [9.17, 15) is 9.59 Å². The normalized spacial score (nSPS) is 10.8. The second kappa shape index (κ2) is 9.25. The third kappa shape index (κ3) is 4.78. The van der Waals surface area contributed by atoms with Crippen LogP contribution < -0.4 is 5.32 Å². The molecule has 0 unspecified atom stereocenters. The van der Waals surface area contributed by atoms with Crippen molar-refractivity contribution in [2.45, 2.75) is 20.8 Å². The first-order valence-electron chi connectivity index (χ1n) is 10.2. The van der Waals surface area contributed by atoms with Gasteiger partial charge in [-0.15, -0.1) is 0 Å². The van der Waals surface area contributed by atoms with E-state index in [1.54, 1.807) is 60.3 Å². The number of nitrogens with one attached hydrogen (secondary N) is 1. The molecule has 9 nitrogen and oxygen atoms in total. The minimum Gasteiger partial charge on any atom is -0.461 e. The molecule has 33 heavy (non-hydrogen) atoms. The molecule has 4 rings (SSSR count). The smallest absolute Gasteiger partial charge is 0.358 e. The number of hydrogen-bond acceptors (Lipinski definition) is 6. The number of pyridine rings is 1. The van der Waals surface area contributed by atoms with Gasteiger partial charge in [0.1, 0.15) is 5.69 Å². The second-order valence-electron chi connectivity index (χ2n) is 7.21. The van der Waals surface area contributed by atoms with Gasteiger partial charge in [0, 0.05) is 17.6 Å². The van der Waals surface area contributed by atoms with Crippen molar-refractivity contribution in [2.75, 3.05) is 11.9 Å². The average Bonchev–Trinajstić information content (AvgIpc) is 3.41. The summed E-state index contributed by atoms with van der Waals surface area (Å²) in [5, 5.41) is 11.7. The van der Waals surface area contributed by atoms with Gasteiger partial charge >= 0.3 is 5.97 Å². The maximum Gasteiger partial charge on any atom is 0.358 e. The lowest BCUT2D eigenvalue weighted by Gasteiger charge is -2.10. The highest BCUT2D eigenvalue weighted by Crippen LogP contribution is 2.20. The molecular weight excluding hydrogens is 444 g/mol. The molecular formula is C23H21ClN6O3. The van der Waals surface area contributed by atoms with Gasteiger partial charge in [0.25, 0.3) is 5.91 Å². The third-order valence-corrected chi connectivity index (χ3v) is 5.02. The predicted octanol–water partition coefficient (Wildman–Crippen LogP) is 4.15. The van der Waals surface area contributed by atoms with Crippen LogP contribution in [0.15, 0.2) is 54.7 Å². The first-order valence-corrected chi connectivity index (χ1v) is 10.6. The lowest BCUT2D eigenvalue weighted by Crippen LogP contribution is -2.16. The largest absolute Gasteiger partial charge is 0.461 e. The number of esters is 1. The maximum atomic E-state index is 13.0. The first-order chi connectivity index (χ1) is 15.9. The molecule has 168 valence electrons. The van der Waals surface area contributed by atoms with Gasteiger partial charge in [-0.05, 0) is 63.2 Å². The Morgan fingerprint density at radius 3 is 2.64 bits per heavy atom. The fourth-order valence-corrected chi connectivity index (χ4v) is 3.46. The summed E-state index contributed by atoms with van der Waals surface area (Å²) >= 11 is 6.26. The lowest BCUT2D eigenvalue weighted by atomic mass is 10.2. The highest BCUT2D eigenvalue weighted by atomic mass is 35.5. The van der Waals surface area contributed by atoms with Crippen LogP contribution in [0.4, 0.5) is 5.69 Å². The number of carbonyl (C=O) groups is 2. The summed E-state index contributed by atoms with van der Waals surface area (Å²) in [4.78, 5) is 29.2. The molecule has 3 aromatic heterocycles. The van der Waals surface area contributed by atoms with Gasteiger partial charge in [-0.25, -0.2) is 19.1 Å². The van der Waals surface area contributed by atoms with Crippen LogP contribution in [0.3, 0.4) is 0 Å². The van der Waals surface area contributed by atoms with E-state index in [1.165, 1.54) is 4.68 Å². The van der Waals surface area contributed by atoms with Crippen molar-refractivity contribution in [3.8, 4) is 11.5 Å². The van der Waals surface area contributed by atoms with E-state index in [0.29, 0.717) is 17.2 Å². The van der Waals surface area contributed by atoms with E-state index in [2.05, 4.69) is 20.5 Å². The summed E-state index contributed by atoms with van der Waals surface area (Å²) in [5.41, 5.74) is 3.18. The van der Waals surface area contributed by atoms with Crippen molar-refractivity contribution in [2.24, 2.45) is 0 Å². The number of carbonyl (C=O) groups excluding carboxylic acids is 2. The molecule has 4 aromatic rings. The number of aromatic nitrogens is 5. The molecule has 1 N–H and O–H groups in total. The molecule has 1 amide bonds. The predicted molar refractivity (Wildman–Crippen MR) is 123 cm³/mol. The van der Waals surface area contributed by atoms with Gasteiger partial charge in [0.2, 0.25) is 0 Å². The Balaban J connectivity index is 1.57. The zero-order chi connectivity index (χ0) is 23.5. The van der Waals surface area contributed by atoms with Gasteiger partial charge in [-0.2, -0.15) is 10.2 Å². The van der Waals surface area contributed by atoms with Crippen LogP contribution in [0, 0.1) is 13.8 Å². The van der Waals surface area contributed by atoms with Gasteiger partial charge in [0.05, 0.1) is 23.0 Å². The highest BCUT2D eigenvalue weighted by molar-refractivity contribution is 6.34. The van der Waals surface area contributed by atoms with Crippen LogP contribution in [0.5, 0.6) is 0 Å². The molecule has 10 heteroatoms. The van der Waals surface area contributed by atoms with E-state index >= 15 is 0 Å². The zero-order valence-corrected chi connectivity index (χ0v) is 19.0. The maximum absolute atomic E-state index is 13.0. The summed E-state index contributed by atoms with van der Waals surface area (Å²) in [5.74, 6) is -0.468. The quantitative estimate of drug-likeness (QED) is 0.430. The second-order valence-corrected chi connectivity index (χ2v) is 7.62. The van der Waals surface area contributed by atoms with Crippen LogP contribution in [0.25, 0.3) is 11.5 Å². The van der Waals surface area contributed by atoms with E-state index in [1.807, 2.05) is 19.9 Å². The fraction of sp³-hybridized carbons (Fsp3) is 0.174. The number of aryl methyl sites for hydroxylation is 2. The molecule has 0 spiro atoms. The molecule has 0 atom stereocenters. The average molecular weight is 465 g/mol. The molecule has 3 heterocycles. The number of anilines is 1. The van der Waals surface area contributed by atoms with Crippen LogP contribution in [-0.4, -0.2) is 43.0 Å². The van der Waals surface area contributed by atoms with Crippen LogP contribution >= 0.6 is 11.6 Å². The molecule has 0 fully saturated rings. The SMILES string of the molecule is CCOC(=O)c1ccn(-c2cccc(NC(=O)c3nc(-n4nc(C)cc4C)ccc3Cl)c2)n1. The number of amides is 1. The summed E-state index contributed by atoms with van der Waals surface area (Å²) in [6, 6.07) is 13.8. The number of hydrogen-bond donors (Lipinski definition) is 1. The standard InChI is InChI=1S/C23H21ClN6O3/c1-4-33-23(32)19-10-11-29(28-19)17-7-5-6-16(13-17)25-22(31)21-18(24)8-9-20(26-21)30-15(3)12-14(2)27-30/h5-13H,4H2,1-3H3,(H,25,31). The Hall–Kier alpha value is -3.98. The van der Waals surface area contributed by atoms with Crippen LogP contribution in [-0.2, 0) is 4.74 Å². The van der Waals surface area contributed by atoms with Crippen molar-refractivity contribution in [1.29, 1.82) is 0 Å². The Bertz CT molecular complexity index is 1340. The Morgan fingerprint density at radius 2 is 1.91 bits per heavy atom. The van der Waals surface area contributed by atoms with Crippen molar-refractivity contribution < 1.29 is 14.3 Å². The monoisotopic (exact) mass is 464 g/mol. The molecule has 0 aliphatic carbocycles. The first kappa shape index (κ1) is 22.2. The number of benzene rings is 1. The van der Waals surface area contributed by atoms with Crippen LogP contribution in [0.1, 0.15) is 39.3 Å². The molecule has 0 saturated carbocycles. The number of nitrogens with zero attached hydrogens (tertiary/aromatic N) is 5. The molecule has 0 aliphatic rings. The number of halogens is 1. The molecule has 0 aliphatic heterocycles. The zero-order valence-electron chi connectivity index (χ0n) is 18.2. The summed E-state index contributed by atoms with van der Waals surface area (Å²) in [7, 11) is 0. The van der Waals surface area contributed by atoms with E-state index in [4.69, 9.17) is 16.3 Å². The fourth-order valence-electron chi connectivity index (χ4n) is 3.27. The Morgan fingerprint density at radius 1 is 1.09 bits per heavy atom. The van der Waals surface area contributed by atoms with Crippen molar-refractivity contribution in [3.63, 3.8) is 0 Å².